The molecule has 1 aliphatic carbocycles. The second-order valence-electron chi connectivity index (χ2n) is 8.28. The summed E-state index contributed by atoms with van der Waals surface area (Å²) >= 11 is 0. The van der Waals surface area contributed by atoms with Crippen molar-refractivity contribution in [1.82, 2.24) is 20.3 Å². The van der Waals surface area contributed by atoms with Crippen LogP contribution >= 0.6 is 0 Å². The number of aromatic nitrogens is 2. The van der Waals surface area contributed by atoms with Gasteiger partial charge in [0.1, 0.15) is 0 Å². The van der Waals surface area contributed by atoms with E-state index in [1.165, 1.54) is 0 Å². The van der Waals surface area contributed by atoms with Crippen LogP contribution in [0.5, 0.6) is 0 Å². The molecule has 0 bridgehead atoms. The molecule has 3 rings (SSSR count). The Labute approximate surface area is 180 Å². The Morgan fingerprint density at radius 3 is 2.61 bits per heavy atom. The molecule has 1 aromatic heterocycles. The van der Waals surface area contributed by atoms with Crippen molar-refractivity contribution < 1.29 is 19.9 Å². The monoisotopic (exact) mass is 430 g/mol. The molecule has 1 aliphatic rings. The molecule has 0 radical (unpaired) electrons. The number of aliphatic hydroxyl groups is 1. The number of fused-ring (bicyclic) bond motifs is 1. The van der Waals surface area contributed by atoms with Crippen LogP contribution in [0.3, 0.4) is 0 Å². The summed E-state index contributed by atoms with van der Waals surface area (Å²) < 4.78 is 1.59. The van der Waals surface area contributed by atoms with Gasteiger partial charge in [0.25, 0.3) is 11.5 Å². The fourth-order valence-corrected chi connectivity index (χ4v) is 4.12. The first-order valence-corrected chi connectivity index (χ1v) is 10.7. The summed E-state index contributed by atoms with van der Waals surface area (Å²) in [6.45, 7) is 4.46. The Kier molecular flexibility index (Phi) is 7.40. The van der Waals surface area contributed by atoms with Crippen LogP contribution in [-0.4, -0.2) is 44.3 Å². The normalized spacial score (nSPS) is 18.3. The van der Waals surface area contributed by atoms with E-state index >= 15 is 0 Å². The van der Waals surface area contributed by atoms with E-state index in [-0.39, 0.29) is 24.3 Å². The number of benzene rings is 1. The summed E-state index contributed by atoms with van der Waals surface area (Å²) in [4.78, 5) is 42.1. The number of nitrogens with one attached hydrogen (secondary N) is 2. The molecule has 1 aromatic carbocycles. The van der Waals surface area contributed by atoms with E-state index in [9.17, 15) is 14.4 Å². The lowest BCUT2D eigenvalue weighted by molar-refractivity contribution is -0.133. The van der Waals surface area contributed by atoms with Crippen LogP contribution < -0.4 is 16.4 Å². The van der Waals surface area contributed by atoms with E-state index < -0.39 is 17.4 Å². The number of carbonyl (C=O) groups excluding carboxylic acids is 2. The standard InChI is InChI=1S/C22H30N4O5/c1-13-10-17-18(11-14(13)2)26(8-4-3-5-9-27)22(30)19(24-17)21(29)23-16-7-6-15(12-16)20(28)25-31/h10-11,15-16,27,31H,3-9,12H2,1-2H3,(H,23,29)(H,25,28). The zero-order valence-corrected chi connectivity index (χ0v) is 18.0. The summed E-state index contributed by atoms with van der Waals surface area (Å²) in [5, 5.41) is 20.6. The molecule has 9 nitrogen and oxygen atoms in total. The van der Waals surface area contributed by atoms with Crippen molar-refractivity contribution in [2.24, 2.45) is 5.92 Å². The third kappa shape index (κ3) is 5.11. The number of hydrogen-bond donors (Lipinski definition) is 4. The summed E-state index contributed by atoms with van der Waals surface area (Å²) in [7, 11) is 0. The minimum absolute atomic E-state index is 0.106. The van der Waals surface area contributed by atoms with E-state index in [2.05, 4.69) is 10.3 Å². The minimum Gasteiger partial charge on any atom is -0.396 e. The zero-order valence-electron chi connectivity index (χ0n) is 18.0. The van der Waals surface area contributed by atoms with Gasteiger partial charge < -0.3 is 15.0 Å². The predicted molar refractivity (Wildman–Crippen MR) is 115 cm³/mol. The molecule has 0 spiro atoms. The van der Waals surface area contributed by atoms with Crippen LogP contribution in [0.1, 0.15) is 60.1 Å². The van der Waals surface area contributed by atoms with Gasteiger partial charge in [0, 0.05) is 25.1 Å². The second-order valence-corrected chi connectivity index (χ2v) is 8.28. The molecule has 4 N–H and O–H groups in total. The minimum atomic E-state index is -0.552. The van der Waals surface area contributed by atoms with Gasteiger partial charge in [-0.3, -0.25) is 19.6 Å². The number of aliphatic hydroxyl groups excluding tert-OH is 1. The van der Waals surface area contributed by atoms with Crippen LogP contribution in [0.25, 0.3) is 11.0 Å². The summed E-state index contributed by atoms with van der Waals surface area (Å²) in [5.74, 6) is -1.38. The van der Waals surface area contributed by atoms with Gasteiger partial charge in [0.15, 0.2) is 5.69 Å². The van der Waals surface area contributed by atoms with E-state index in [1.807, 2.05) is 26.0 Å². The lowest BCUT2D eigenvalue weighted by Crippen LogP contribution is -2.39. The quantitative estimate of drug-likeness (QED) is 0.285. The molecular weight excluding hydrogens is 400 g/mol. The van der Waals surface area contributed by atoms with Gasteiger partial charge in [-0.15, -0.1) is 0 Å². The summed E-state index contributed by atoms with van der Waals surface area (Å²) in [5.41, 5.74) is 4.38. The Hall–Kier alpha value is -2.78. The van der Waals surface area contributed by atoms with E-state index in [4.69, 9.17) is 10.3 Å². The van der Waals surface area contributed by atoms with Crippen LogP contribution in [0.2, 0.25) is 0 Å². The van der Waals surface area contributed by atoms with Crippen molar-refractivity contribution in [1.29, 1.82) is 0 Å². The average molecular weight is 431 g/mol. The largest absolute Gasteiger partial charge is 0.396 e. The average Bonchev–Trinajstić information content (AvgIpc) is 3.21. The summed E-state index contributed by atoms with van der Waals surface area (Å²) in [6, 6.07) is 3.54. The Morgan fingerprint density at radius 2 is 1.90 bits per heavy atom. The van der Waals surface area contributed by atoms with Crippen LogP contribution in [0.4, 0.5) is 0 Å². The fraction of sp³-hybridized carbons (Fsp3) is 0.545. The van der Waals surface area contributed by atoms with Gasteiger partial charge in [-0.2, -0.15) is 0 Å². The van der Waals surface area contributed by atoms with Crippen molar-refractivity contribution in [3.8, 4) is 0 Å². The van der Waals surface area contributed by atoms with E-state index in [1.54, 1.807) is 10.0 Å². The number of carbonyl (C=O) groups is 2. The molecule has 2 unspecified atom stereocenters. The number of amides is 2. The molecular formula is C22H30N4O5. The third-order valence-electron chi connectivity index (χ3n) is 6.07. The van der Waals surface area contributed by atoms with Crippen LogP contribution in [0, 0.1) is 19.8 Å². The van der Waals surface area contributed by atoms with Crippen molar-refractivity contribution in [2.45, 2.75) is 65.0 Å². The van der Waals surface area contributed by atoms with Crippen LogP contribution in [-0.2, 0) is 11.3 Å². The van der Waals surface area contributed by atoms with Gasteiger partial charge in [0.05, 0.1) is 11.0 Å². The molecule has 0 saturated heterocycles. The lowest BCUT2D eigenvalue weighted by atomic mass is 10.1. The maximum atomic E-state index is 13.2. The third-order valence-corrected chi connectivity index (χ3v) is 6.07. The number of unbranched alkanes of at least 4 members (excludes halogenated alkanes) is 2. The molecule has 9 heteroatoms. The Bertz CT molecular complexity index is 1030. The molecule has 2 aromatic rings. The van der Waals surface area contributed by atoms with Gasteiger partial charge in [-0.05, 0) is 75.6 Å². The van der Waals surface area contributed by atoms with E-state index in [0.29, 0.717) is 49.7 Å². The maximum absolute atomic E-state index is 13.2. The number of hydroxylamine groups is 1. The van der Waals surface area contributed by atoms with Gasteiger partial charge >= 0.3 is 0 Å². The van der Waals surface area contributed by atoms with Crippen molar-refractivity contribution in [2.75, 3.05) is 6.61 Å². The molecule has 31 heavy (non-hydrogen) atoms. The van der Waals surface area contributed by atoms with E-state index in [0.717, 1.165) is 17.5 Å². The topological polar surface area (TPSA) is 134 Å². The van der Waals surface area contributed by atoms with Crippen molar-refractivity contribution >= 4 is 22.8 Å². The molecule has 1 saturated carbocycles. The van der Waals surface area contributed by atoms with Gasteiger partial charge in [0.2, 0.25) is 5.91 Å². The molecule has 168 valence electrons. The highest BCUT2D eigenvalue weighted by molar-refractivity contribution is 5.94. The fourth-order valence-electron chi connectivity index (χ4n) is 4.12. The highest BCUT2D eigenvalue weighted by Gasteiger charge is 2.31. The molecule has 1 heterocycles. The molecule has 0 aliphatic heterocycles. The lowest BCUT2D eigenvalue weighted by Gasteiger charge is -2.16. The summed E-state index contributed by atoms with van der Waals surface area (Å²) in [6.07, 6.45) is 3.68. The highest BCUT2D eigenvalue weighted by atomic mass is 16.5. The predicted octanol–water partition coefficient (Wildman–Crippen LogP) is 1.58. The first-order chi connectivity index (χ1) is 14.8. The first-order valence-electron chi connectivity index (χ1n) is 10.7. The number of nitrogens with zero attached hydrogens (tertiary/aromatic N) is 2. The van der Waals surface area contributed by atoms with Gasteiger partial charge in [-0.25, -0.2) is 10.5 Å². The smallest absolute Gasteiger partial charge is 0.282 e. The Morgan fingerprint density at radius 1 is 1.16 bits per heavy atom. The molecule has 2 atom stereocenters. The zero-order chi connectivity index (χ0) is 22.5. The highest BCUT2D eigenvalue weighted by Crippen LogP contribution is 2.26. The molecule has 1 fully saturated rings. The van der Waals surface area contributed by atoms with Crippen LogP contribution in [0.15, 0.2) is 16.9 Å². The van der Waals surface area contributed by atoms with Crippen molar-refractivity contribution in [3.05, 3.63) is 39.3 Å². The second kappa shape index (κ2) is 10.0. The molecule has 2 amide bonds. The number of hydrogen-bond acceptors (Lipinski definition) is 6. The van der Waals surface area contributed by atoms with Crippen molar-refractivity contribution in [3.63, 3.8) is 0 Å². The Balaban J connectivity index is 1.89. The maximum Gasteiger partial charge on any atom is 0.282 e. The number of aryl methyl sites for hydroxylation is 3. The SMILES string of the molecule is Cc1cc2nc(C(=O)NC3CCC(C(=O)NO)C3)c(=O)n(CCCCCO)c2cc1C. The van der Waals surface area contributed by atoms with Gasteiger partial charge in [-0.1, -0.05) is 0 Å². The first kappa shape index (κ1) is 22.9. The number of rotatable bonds is 8.